The molecule has 0 spiro atoms. The Morgan fingerprint density at radius 3 is 2.04 bits per heavy atom. The summed E-state index contributed by atoms with van der Waals surface area (Å²) in [4.78, 5) is 23.8. The molecule has 0 bridgehead atoms. The van der Waals surface area contributed by atoms with E-state index in [1.807, 2.05) is 13.8 Å². The summed E-state index contributed by atoms with van der Waals surface area (Å²) in [5.74, 6) is -0.448. The SMILES string of the molecule is CC(C)C(=O)Nc1ccc(C(=O)Nc2ccc(Cl)c(Cl)c2)cc1. The standard InChI is InChI=1S/C17H16Cl2N2O2/c1-10(2)16(22)20-12-5-3-11(4-6-12)17(23)21-13-7-8-14(18)15(19)9-13/h3-10H,1-2H3,(H,20,22)(H,21,23). The summed E-state index contributed by atoms with van der Waals surface area (Å²) in [6.07, 6.45) is 0. The molecule has 0 heterocycles. The quantitative estimate of drug-likeness (QED) is 0.828. The van der Waals surface area contributed by atoms with Gasteiger partial charge in [-0.1, -0.05) is 37.0 Å². The molecule has 2 aromatic carbocycles. The first-order valence-corrected chi connectivity index (χ1v) is 7.79. The van der Waals surface area contributed by atoms with Crippen molar-refractivity contribution in [3.63, 3.8) is 0 Å². The number of amides is 2. The van der Waals surface area contributed by atoms with Crippen LogP contribution in [0.3, 0.4) is 0 Å². The Bertz CT molecular complexity index is 728. The number of halogens is 2. The van der Waals surface area contributed by atoms with E-state index >= 15 is 0 Å². The molecule has 0 unspecified atom stereocenters. The molecule has 0 radical (unpaired) electrons. The molecule has 2 aromatic rings. The van der Waals surface area contributed by atoms with Gasteiger partial charge in [-0.3, -0.25) is 9.59 Å². The Labute approximate surface area is 144 Å². The van der Waals surface area contributed by atoms with E-state index in [0.29, 0.717) is 27.0 Å². The first-order chi connectivity index (χ1) is 10.9. The lowest BCUT2D eigenvalue weighted by atomic mass is 10.1. The number of benzene rings is 2. The molecule has 0 atom stereocenters. The molecule has 0 aromatic heterocycles. The van der Waals surface area contributed by atoms with E-state index < -0.39 is 0 Å². The zero-order valence-corrected chi connectivity index (χ0v) is 14.2. The maximum atomic E-state index is 12.2. The highest BCUT2D eigenvalue weighted by atomic mass is 35.5. The fourth-order valence-corrected chi connectivity index (χ4v) is 2.07. The molecular weight excluding hydrogens is 335 g/mol. The number of hydrogen-bond donors (Lipinski definition) is 2. The Balaban J connectivity index is 2.05. The van der Waals surface area contributed by atoms with Crippen LogP contribution in [0.25, 0.3) is 0 Å². The average Bonchev–Trinajstić information content (AvgIpc) is 2.51. The van der Waals surface area contributed by atoms with Crippen LogP contribution in [0, 0.1) is 5.92 Å². The van der Waals surface area contributed by atoms with Crippen molar-refractivity contribution in [3.8, 4) is 0 Å². The third-order valence-electron chi connectivity index (χ3n) is 3.12. The topological polar surface area (TPSA) is 58.2 Å². The first-order valence-electron chi connectivity index (χ1n) is 7.04. The lowest BCUT2D eigenvalue weighted by Crippen LogP contribution is -2.18. The second-order valence-electron chi connectivity index (χ2n) is 5.30. The summed E-state index contributed by atoms with van der Waals surface area (Å²) in [6.45, 7) is 3.63. The molecular formula is C17H16Cl2N2O2. The summed E-state index contributed by atoms with van der Waals surface area (Å²) in [6, 6.07) is 11.5. The lowest BCUT2D eigenvalue weighted by Gasteiger charge is -2.09. The second-order valence-corrected chi connectivity index (χ2v) is 6.12. The van der Waals surface area contributed by atoms with Gasteiger partial charge >= 0.3 is 0 Å². The smallest absolute Gasteiger partial charge is 0.255 e. The van der Waals surface area contributed by atoms with Gasteiger partial charge in [0.2, 0.25) is 5.91 Å². The predicted octanol–water partition coefficient (Wildman–Crippen LogP) is 4.84. The summed E-state index contributed by atoms with van der Waals surface area (Å²) >= 11 is 11.8. The first kappa shape index (κ1) is 17.3. The minimum absolute atomic E-state index is 0.0713. The highest BCUT2D eigenvalue weighted by Crippen LogP contribution is 2.25. The van der Waals surface area contributed by atoms with Crippen molar-refractivity contribution >= 4 is 46.4 Å². The van der Waals surface area contributed by atoms with E-state index in [9.17, 15) is 9.59 Å². The van der Waals surface area contributed by atoms with Gasteiger partial charge in [0.15, 0.2) is 0 Å². The largest absolute Gasteiger partial charge is 0.326 e. The molecule has 2 amide bonds. The van der Waals surface area contributed by atoms with Crippen molar-refractivity contribution in [1.29, 1.82) is 0 Å². The minimum Gasteiger partial charge on any atom is -0.326 e. The van der Waals surface area contributed by atoms with Gasteiger partial charge in [-0.2, -0.15) is 0 Å². The van der Waals surface area contributed by atoms with Crippen LogP contribution < -0.4 is 10.6 Å². The normalized spacial score (nSPS) is 10.5. The highest BCUT2D eigenvalue weighted by Gasteiger charge is 2.10. The van der Waals surface area contributed by atoms with E-state index in [0.717, 1.165) is 0 Å². The Morgan fingerprint density at radius 1 is 0.870 bits per heavy atom. The van der Waals surface area contributed by atoms with Gasteiger partial charge in [0.05, 0.1) is 10.0 Å². The molecule has 0 aliphatic rings. The van der Waals surface area contributed by atoms with Crippen LogP contribution >= 0.6 is 23.2 Å². The fourth-order valence-electron chi connectivity index (χ4n) is 1.77. The van der Waals surface area contributed by atoms with Crippen molar-refractivity contribution in [2.75, 3.05) is 10.6 Å². The Hall–Kier alpha value is -2.04. The van der Waals surface area contributed by atoms with Crippen LogP contribution in [-0.2, 0) is 4.79 Å². The Morgan fingerprint density at radius 2 is 1.48 bits per heavy atom. The van der Waals surface area contributed by atoms with E-state index in [-0.39, 0.29) is 17.7 Å². The van der Waals surface area contributed by atoms with Gasteiger partial charge in [0.1, 0.15) is 0 Å². The van der Waals surface area contributed by atoms with Crippen molar-refractivity contribution in [1.82, 2.24) is 0 Å². The van der Waals surface area contributed by atoms with Crippen LogP contribution in [0.4, 0.5) is 11.4 Å². The molecule has 6 heteroatoms. The number of rotatable bonds is 4. The molecule has 0 fully saturated rings. The third-order valence-corrected chi connectivity index (χ3v) is 3.86. The van der Waals surface area contributed by atoms with Crippen molar-refractivity contribution in [3.05, 3.63) is 58.1 Å². The van der Waals surface area contributed by atoms with Gasteiger partial charge in [0.25, 0.3) is 5.91 Å². The van der Waals surface area contributed by atoms with Gasteiger partial charge in [-0.25, -0.2) is 0 Å². The van der Waals surface area contributed by atoms with Crippen molar-refractivity contribution in [2.45, 2.75) is 13.8 Å². The summed E-state index contributed by atoms with van der Waals surface area (Å²) < 4.78 is 0. The van der Waals surface area contributed by atoms with Gasteiger partial charge < -0.3 is 10.6 Å². The number of anilines is 2. The minimum atomic E-state index is -0.273. The molecule has 0 aliphatic carbocycles. The summed E-state index contributed by atoms with van der Waals surface area (Å²) in [5, 5.41) is 6.30. The zero-order valence-electron chi connectivity index (χ0n) is 12.7. The molecule has 23 heavy (non-hydrogen) atoms. The molecule has 120 valence electrons. The molecule has 0 saturated carbocycles. The maximum absolute atomic E-state index is 12.2. The number of hydrogen-bond acceptors (Lipinski definition) is 2. The van der Waals surface area contributed by atoms with E-state index in [2.05, 4.69) is 10.6 Å². The van der Waals surface area contributed by atoms with Crippen molar-refractivity contribution in [2.24, 2.45) is 5.92 Å². The average molecular weight is 351 g/mol. The van der Waals surface area contributed by atoms with Crippen molar-refractivity contribution < 1.29 is 9.59 Å². The van der Waals surface area contributed by atoms with Crippen LogP contribution in [0.5, 0.6) is 0 Å². The summed E-state index contributed by atoms with van der Waals surface area (Å²) in [5.41, 5.74) is 1.68. The van der Waals surface area contributed by atoms with E-state index in [1.54, 1.807) is 42.5 Å². The number of nitrogens with one attached hydrogen (secondary N) is 2. The highest BCUT2D eigenvalue weighted by molar-refractivity contribution is 6.42. The predicted molar refractivity (Wildman–Crippen MR) is 94.3 cm³/mol. The van der Waals surface area contributed by atoms with Crippen LogP contribution in [0.1, 0.15) is 24.2 Å². The Kier molecular flexibility index (Phi) is 5.64. The molecule has 0 aliphatic heterocycles. The summed E-state index contributed by atoms with van der Waals surface area (Å²) in [7, 11) is 0. The zero-order chi connectivity index (χ0) is 17.0. The second kappa shape index (κ2) is 7.49. The third kappa shape index (κ3) is 4.71. The van der Waals surface area contributed by atoms with Crippen LogP contribution in [-0.4, -0.2) is 11.8 Å². The van der Waals surface area contributed by atoms with E-state index in [4.69, 9.17) is 23.2 Å². The fraction of sp³-hybridized carbons (Fsp3) is 0.176. The van der Waals surface area contributed by atoms with Crippen LogP contribution in [0.2, 0.25) is 10.0 Å². The lowest BCUT2D eigenvalue weighted by molar-refractivity contribution is -0.118. The monoisotopic (exact) mass is 350 g/mol. The number of carbonyl (C=O) groups is 2. The number of carbonyl (C=O) groups excluding carboxylic acids is 2. The van der Waals surface area contributed by atoms with Gasteiger partial charge in [-0.05, 0) is 42.5 Å². The van der Waals surface area contributed by atoms with E-state index in [1.165, 1.54) is 0 Å². The molecule has 4 nitrogen and oxygen atoms in total. The molecule has 2 N–H and O–H groups in total. The van der Waals surface area contributed by atoms with Crippen LogP contribution in [0.15, 0.2) is 42.5 Å². The van der Waals surface area contributed by atoms with Gasteiger partial charge in [-0.15, -0.1) is 0 Å². The van der Waals surface area contributed by atoms with Gasteiger partial charge in [0, 0.05) is 22.9 Å². The maximum Gasteiger partial charge on any atom is 0.255 e. The molecule has 2 rings (SSSR count). The molecule has 0 saturated heterocycles.